The standard InChI is InChI=1S/C20H21Cl2NO5/c1-4-12-14(20(27)23-9-17(25)26)8-15(21)19(18(12)22)28-11-5-6-16(24)13(7-11)10(2)3/h5-8,10,24H,4,9H2,1-3H3,(H,23,27)(H,25,26). The lowest BCUT2D eigenvalue weighted by Gasteiger charge is -2.17. The maximum Gasteiger partial charge on any atom is 0.322 e. The molecule has 6 nitrogen and oxygen atoms in total. The van der Waals surface area contributed by atoms with Gasteiger partial charge in [-0.25, -0.2) is 0 Å². The van der Waals surface area contributed by atoms with Gasteiger partial charge in [0.05, 0.1) is 10.0 Å². The van der Waals surface area contributed by atoms with Gasteiger partial charge in [-0.15, -0.1) is 0 Å². The van der Waals surface area contributed by atoms with E-state index in [2.05, 4.69) is 5.32 Å². The molecule has 0 aliphatic carbocycles. The van der Waals surface area contributed by atoms with Crippen LogP contribution in [0.3, 0.4) is 0 Å². The smallest absolute Gasteiger partial charge is 0.322 e. The fraction of sp³-hybridized carbons (Fsp3) is 0.300. The summed E-state index contributed by atoms with van der Waals surface area (Å²) < 4.78 is 5.86. The number of hydrogen-bond acceptors (Lipinski definition) is 4. The number of carboxylic acid groups (broad SMARTS) is 1. The van der Waals surface area contributed by atoms with E-state index in [0.29, 0.717) is 23.3 Å². The predicted octanol–water partition coefficient (Wildman–Crippen LogP) is 4.99. The fourth-order valence-corrected chi connectivity index (χ4v) is 3.38. The van der Waals surface area contributed by atoms with Crippen molar-refractivity contribution < 1.29 is 24.5 Å². The molecule has 0 atom stereocenters. The molecule has 0 saturated carbocycles. The summed E-state index contributed by atoms with van der Waals surface area (Å²) in [6.45, 7) is 5.18. The van der Waals surface area contributed by atoms with Crippen LogP contribution in [0.25, 0.3) is 0 Å². The van der Waals surface area contributed by atoms with Crippen molar-refractivity contribution in [3.05, 3.63) is 51.0 Å². The molecule has 28 heavy (non-hydrogen) atoms. The fourth-order valence-electron chi connectivity index (χ4n) is 2.71. The van der Waals surface area contributed by atoms with Crippen molar-refractivity contribution in [3.63, 3.8) is 0 Å². The molecule has 0 unspecified atom stereocenters. The Balaban J connectivity index is 2.43. The number of rotatable bonds is 7. The third-order valence-electron chi connectivity index (χ3n) is 4.12. The first-order valence-electron chi connectivity index (χ1n) is 8.67. The van der Waals surface area contributed by atoms with Crippen molar-refractivity contribution in [2.45, 2.75) is 33.1 Å². The highest BCUT2D eigenvalue weighted by Crippen LogP contribution is 2.41. The van der Waals surface area contributed by atoms with Gasteiger partial charge in [-0.2, -0.15) is 0 Å². The molecule has 2 aromatic rings. The second-order valence-corrected chi connectivity index (χ2v) is 7.22. The van der Waals surface area contributed by atoms with E-state index in [1.165, 1.54) is 12.1 Å². The van der Waals surface area contributed by atoms with Crippen molar-refractivity contribution >= 4 is 35.1 Å². The van der Waals surface area contributed by atoms with Crippen molar-refractivity contribution in [2.75, 3.05) is 6.54 Å². The molecule has 0 aliphatic rings. The van der Waals surface area contributed by atoms with Gasteiger partial charge in [0.15, 0.2) is 5.75 Å². The van der Waals surface area contributed by atoms with Gasteiger partial charge in [-0.1, -0.05) is 44.0 Å². The van der Waals surface area contributed by atoms with E-state index >= 15 is 0 Å². The molecule has 0 radical (unpaired) electrons. The highest BCUT2D eigenvalue weighted by molar-refractivity contribution is 6.38. The van der Waals surface area contributed by atoms with Crippen LogP contribution in [0.4, 0.5) is 0 Å². The van der Waals surface area contributed by atoms with Crippen molar-refractivity contribution in [1.82, 2.24) is 5.32 Å². The maximum atomic E-state index is 12.3. The van der Waals surface area contributed by atoms with Crippen molar-refractivity contribution in [3.8, 4) is 17.2 Å². The molecule has 0 heterocycles. The average molecular weight is 426 g/mol. The molecule has 3 N–H and O–H groups in total. The quantitative estimate of drug-likeness (QED) is 0.580. The predicted molar refractivity (Wildman–Crippen MR) is 108 cm³/mol. The minimum Gasteiger partial charge on any atom is -0.508 e. The molecule has 2 aromatic carbocycles. The van der Waals surface area contributed by atoms with Crippen LogP contribution < -0.4 is 10.1 Å². The lowest BCUT2D eigenvalue weighted by Crippen LogP contribution is -2.30. The summed E-state index contributed by atoms with van der Waals surface area (Å²) in [4.78, 5) is 23.0. The van der Waals surface area contributed by atoms with Gasteiger partial charge in [0.25, 0.3) is 5.91 Å². The zero-order chi connectivity index (χ0) is 21.0. The Bertz CT molecular complexity index is 912. The third-order valence-corrected chi connectivity index (χ3v) is 4.80. The number of halogens is 2. The maximum absolute atomic E-state index is 12.3. The number of phenolic OH excluding ortho intramolecular Hbond substituents is 1. The van der Waals surface area contributed by atoms with E-state index in [4.69, 9.17) is 33.0 Å². The average Bonchev–Trinajstić information content (AvgIpc) is 2.63. The Morgan fingerprint density at radius 1 is 1.21 bits per heavy atom. The number of nitrogens with one attached hydrogen (secondary N) is 1. The SMILES string of the molecule is CCc1c(C(=O)NCC(=O)O)cc(Cl)c(Oc2ccc(O)c(C(C)C)c2)c1Cl. The molecule has 2 rings (SSSR count). The van der Waals surface area contributed by atoms with E-state index in [1.54, 1.807) is 12.1 Å². The van der Waals surface area contributed by atoms with E-state index in [-0.39, 0.29) is 33.0 Å². The number of amides is 1. The van der Waals surface area contributed by atoms with Crippen LogP contribution in [0.5, 0.6) is 17.2 Å². The molecule has 1 amide bonds. The molecule has 0 fully saturated rings. The third kappa shape index (κ3) is 4.88. The van der Waals surface area contributed by atoms with Crippen molar-refractivity contribution in [1.29, 1.82) is 0 Å². The number of benzene rings is 2. The molecule has 0 spiro atoms. The zero-order valence-electron chi connectivity index (χ0n) is 15.7. The Kier molecular flexibility index (Phi) is 7.16. The first-order chi connectivity index (χ1) is 13.1. The van der Waals surface area contributed by atoms with Gasteiger partial charge in [0, 0.05) is 11.1 Å². The van der Waals surface area contributed by atoms with Gasteiger partial charge in [-0.3, -0.25) is 9.59 Å². The molecule has 0 aliphatic heterocycles. The largest absolute Gasteiger partial charge is 0.508 e. The Morgan fingerprint density at radius 2 is 1.89 bits per heavy atom. The summed E-state index contributed by atoms with van der Waals surface area (Å²) in [5.74, 6) is -0.857. The minimum atomic E-state index is -1.16. The number of hydrogen-bond donors (Lipinski definition) is 3. The first kappa shape index (κ1) is 21.9. The molecular formula is C20H21Cl2NO5. The summed E-state index contributed by atoms with van der Waals surface area (Å²) in [6.07, 6.45) is 0.412. The van der Waals surface area contributed by atoms with Crippen LogP contribution in [-0.4, -0.2) is 28.6 Å². The Morgan fingerprint density at radius 3 is 2.46 bits per heavy atom. The first-order valence-corrected chi connectivity index (χ1v) is 9.42. The van der Waals surface area contributed by atoms with E-state index in [0.717, 1.165) is 0 Å². The summed E-state index contributed by atoms with van der Waals surface area (Å²) >= 11 is 12.8. The van der Waals surface area contributed by atoms with Crippen molar-refractivity contribution in [2.24, 2.45) is 0 Å². The number of ether oxygens (including phenoxy) is 1. The topological polar surface area (TPSA) is 95.9 Å². The molecule has 0 aromatic heterocycles. The number of phenols is 1. The Hall–Kier alpha value is -2.44. The van der Waals surface area contributed by atoms with Crippen LogP contribution in [0.1, 0.15) is 48.2 Å². The summed E-state index contributed by atoms with van der Waals surface area (Å²) in [5, 5.41) is 21.3. The van der Waals surface area contributed by atoms with Crippen LogP contribution in [0.15, 0.2) is 24.3 Å². The zero-order valence-corrected chi connectivity index (χ0v) is 17.2. The summed E-state index contributed by atoms with van der Waals surface area (Å²) in [7, 11) is 0. The lowest BCUT2D eigenvalue weighted by molar-refractivity contribution is -0.135. The molecule has 150 valence electrons. The van der Waals surface area contributed by atoms with Gasteiger partial charge in [0.2, 0.25) is 0 Å². The van der Waals surface area contributed by atoms with Crippen LogP contribution in [0.2, 0.25) is 10.0 Å². The Labute approximate surface area is 173 Å². The number of carbonyl (C=O) groups excluding carboxylic acids is 1. The van der Waals surface area contributed by atoms with Crippen LogP contribution >= 0.6 is 23.2 Å². The highest BCUT2D eigenvalue weighted by Gasteiger charge is 2.21. The molecular weight excluding hydrogens is 405 g/mol. The normalized spacial score (nSPS) is 10.8. The van der Waals surface area contributed by atoms with Crippen LogP contribution in [-0.2, 0) is 11.2 Å². The number of aromatic hydroxyl groups is 1. The number of carboxylic acids is 1. The molecule has 8 heteroatoms. The van der Waals surface area contributed by atoms with E-state index in [1.807, 2.05) is 20.8 Å². The summed E-state index contributed by atoms with van der Waals surface area (Å²) in [5.41, 5.74) is 1.40. The minimum absolute atomic E-state index is 0.0843. The van der Waals surface area contributed by atoms with Gasteiger partial charge >= 0.3 is 5.97 Å². The van der Waals surface area contributed by atoms with E-state index in [9.17, 15) is 14.7 Å². The second-order valence-electron chi connectivity index (χ2n) is 6.43. The van der Waals surface area contributed by atoms with E-state index < -0.39 is 18.4 Å². The number of aliphatic carboxylic acids is 1. The highest BCUT2D eigenvalue weighted by atomic mass is 35.5. The molecule has 0 bridgehead atoms. The van der Waals surface area contributed by atoms with Gasteiger partial charge < -0.3 is 20.3 Å². The molecule has 0 saturated heterocycles. The summed E-state index contributed by atoms with van der Waals surface area (Å²) in [6, 6.07) is 6.22. The van der Waals surface area contributed by atoms with Crippen LogP contribution in [0, 0.1) is 0 Å². The lowest BCUT2D eigenvalue weighted by atomic mass is 10.0. The van der Waals surface area contributed by atoms with Gasteiger partial charge in [-0.05, 0) is 42.2 Å². The monoisotopic (exact) mass is 425 g/mol. The van der Waals surface area contributed by atoms with Gasteiger partial charge in [0.1, 0.15) is 18.0 Å². The number of carbonyl (C=O) groups is 2. The second kappa shape index (κ2) is 9.17.